The van der Waals surface area contributed by atoms with Crippen LogP contribution in [0.2, 0.25) is 0 Å². The number of alkyl carbamates (subject to hydrolysis) is 1. The van der Waals surface area contributed by atoms with E-state index in [0.29, 0.717) is 55.9 Å². The number of ether oxygens (including phenoxy) is 3. The number of amides is 4. The highest BCUT2D eigenvalue weighted by Crippen LogP contribution is 2.46. The first-order valence-electron chi connectivity index (χ1n) is 19.8. The monoisotopic (exact) mass is 793 g/mol. The molecule has 6 atom stereocenters. The molecule has 3 fully saturated rings. The molecule has 3 heterocycles. The van der Waals surface area contributed by atoms with E-state index >= 15 is 0 Å². The summed E-state index contributed by atoms with van der Waals surface area (Å²) < 4.78 is 45.7. The third-order valence-electron chi connectivity index (χ3n) is 10.9. The molecule has 304 valence electrons. The molecule has 4 amide bonds. The number of hydrogen-bond acceptors (Lipinski definition) is 10. The van der Waals surface area contributed by atoms with Crippen LogP contribution >= 0.6 is 0 Å². The van der Waals surface area contributed by atoms with Crippen molar-refractivity contribution in [2.45, 2.75) is 121 Å². The van der Waals surface area contributed by atoms with E-state index in [1.54, 1.807) is 27.0 Å². The van der Waals surface area contributed by atoms with Crippen molar-refractivity contribution in [3.8, 4) is 11.6 Å². The van der Waals surface area contributed by atoms with Crippen molar-refractivity contribution in [2.75, 3.05) is 13.2 Å². The molecule has 15 heteroatoms. The van der Waals surface area contributed by atoms with Crippen LogP contribution in [-0.4, -0.2) is 83.8 Å². The summed E-state index contributed by atoms with van der Waals surface area (Å²) in [5.74, 6) is -1.37. The normalized spacial score (nSPS) is 28.0. The summed E-state index contributed by atoms with van der Waals surface area (Å²) >= 11 is 0. The zero-order chi connectivity index (χ0) is 40.4. The van der Waals surface area contributed by atoms with Crippen molar-refractivity contribution in [3.63, 3.8) is 0 Å². The summed E-state index contributed by atoms with van der Waals surface area (Å²) in [4.78, 5) is 62.0. The zero-order valence-electron chi connectivity index (χ0n) is 33.1. The first-order chi connectivity index (χ1) is 26.5. The van der Waals surface area contributed by atoms with E-state index in [0.717, 1.165) is 17.2 Å². The number of allylic oxidation sites excluding steroid dienone is 1. The molecule has 6 unspecified atom stereocenters. The predicted octanol–water partition coefficient (Wildman–Crippen LogP) is 5.28. The van der Waals surface area contributed by atoms with E-state index in [-0.39, 0.29) is 31.2 Å². The summed E-state index contributed by atoms with van der Waals surface area (Å²) in [5, 5.41) is 6.51. The number of benzene rings is 1. The van der Waals surface area contributed by atoms with Gasteiger partial charge in [0.1, 0.15) is 29.0 Å². The molecule has 3 N–H and O–H groups in total. The lowest BCUT2D eigenvalue weighted by Gasteiger charge is -2.30. The fourth-order valence-corrected chi connectivity index (χ4v) is 9.05. The summed E-state index contributed by atoms with van der Waals surface area (Å²) in [6.45, 7) is 11.7. The zero-order valence-corrected chi connectivity index (χ0v) is 33.9. The number of carbonyl (C=O) groups excluding carboxylic acids is 4. The minimum absolute atomic E-state index is 0.000367. The maximum Gasteiger partial charge on any atom is 0.411 e. The van der Waals surface area contributed by atoms with Gasteiger partial charge >= 0.3 is 6.09 Å². The predicted molar refractivity (Wildman–Crippen MR) is 210 cm³/mol. The average Bonchev–Trinajstić information content (AvgIpc) is 4.05. The molecular weight excluding hydrogens is 739 g/mol. The van der Waals surface area contributed by atoms with Gasteiger partial charge in [0.2, 0.25) is 21.8 Å². The summed E-state index contributed by atoms with van der Waals surface area (Å²) in [6.07, 6.45) is 9.39. The fraction of sp³-hybridized carbons (Fsp3) is 0.585. The SMILES string of the molecule is CCOc1ccc2c(OC3CC4C(=O)NC5(C(=O)NS(=O)(=O)C6CC6)CC5C=CCCC(C)CC(CC)/C(=C\NC(=O)OC(C)(C)C)C(=O)N4C3)nccc2c1. The molecule has 4 aliphatic rings. The molecule has 0 spiro atoms. The number of nitrogens with one attached hydrogen (secondary N) is 3. The van der Waals surface area contributed by atoms with Gasteiger partial charge in [-0.05, 0) is 114 Å². The van der Waals surface area contributed by atoms with Gasteiger partial charge in [0.05, 0.1) is 18.4 Å². The highest BCUT2D eigenvalue weighted by molar-refractivity contribution is 7.91. The van der Waals surface area contributed by atoms with Crippen LogP contribution in [0.3, 0.4) is 0 Å². The van der Waals surface area contributed by atoms with Gasteiger partial charge in [-0.3, -0.25) is 24.4 Å². The number of nitrogens with zero attached hydrogens (tertiary/aromatic N) is 2. The number of rotatable bonds is 9. The molecular formula is C41H55N5O9S. The molecule has 2 aliphatic carbocycles. The Morgan fingerprint density at radius 1 is 1.11 bits per heavy atom. The quantitative estimate of drug-likeness (QED) is 0.223. The second-order valence-electron chi connectivity index (χ2n) is 16.5. The van der Waals surface area contributed by atoms with Gasteiger partial charge in [-0.2, -0.15) is 0 Å². The van der Waals surface area contributed by atoms with Gasteiger partial charge in [-0.25, -0.2) is 18.2 Å². The van der Waals surface area contributed by atoms with Crippen LogP contribution in [0.4, 0.5) is 4.79 Å². The lowest BCUT2D eigenvalue weighted by molar-refractivity contribution is -0.138. The highest BCUT2D eigenvalue weighted by atomic mass is 32.2. The molecule has 2 aliphatic heterocycles. The number of aromatic nitrogens is 1. The minimum atomic E-state index is -3.90. The van der Waals surface area contributed by atoms with E-state index in [2.05, 4.69) is 27.3 Å². The topological polar surface area (TPSA) is 182 Å². The van der Waals surface area contributed by atoms with Gasteiger partial charge in [-0.1, -0.05) is 26.0 Å². The Morgan fingerprint density at radius 2 is 1.88 bits per heavy atom. The van der Waals surface area contributed by atoms with Crippen molar-refractivity contribution >= 4 is 44.6 Å². The molecule has 0 radical (unpaired) electrons. The van der Waals surface area contributed by atoms with E-state index < -0.39 is 68.3 Å². The Balaban J connectivity index is 1.36. The molecule has 2 aromatic rings. The van der Waals surface area contributed by atoms with Crippen LogP contribution in [-0.2, 0) is 29.1 Å². The Bertz CT molecular complexity index is 2010. The number of fused-ring (bicyclic) bond motifs is 3. The van der Waals surface area contributed by atoms with Gasteiger partial charge in [-0.15, -0.1) is 0 Å². The van der Waals surface area contributed by atoms with Gasteiger partial charge < -0.3 is 24.4 Å². The average molecular weight is 794 g/mol. The summed E-state index contributed by atoms with van der Waals surface area (Å²) in [7, 11) is -3.90. The first-order valence-corrected chi connectivity index (χ1v) is 21.3. The number of carbonyl (C=O) groups is 4. The number of sulfonamides is 1. The molecule has 14 nitrogen and oxygen atoms in total. The maximum atomic E-state index is 14.9. The number of pyridine rings is 1. The van der Waals surface area contributed by atoms with E-state index in [1.807, 2.05) is 50.3 Å². The van der Waals surface area contributed by atoms with Crippen molar-refractivity contribution in [1.29, 1.82) is 0 Å². The van der Waals surface area contributed by atoms with Crippen LogP contribution in [0.25, 0.3) is 10.8 Å². The summed E-state index contributed by atoms with van der Waals surface area (Å²) in [6, 6.07) is 6.30. The molecule has 0 bridgehead atoms. The Labute approximate surface area is 329 Å². The van der Waals surface area contributed by atoms with Crippen molar-refractivity contribution in [1.82, 2.24) is 25.2 Å². The standard InChI is InChI=1S/C41H55N5O9S/c1-7-26-19-25(3)11-9-10-12-28-22-41(28,38(49)45-56(51,52)31-14-15-31)44-35(47)34-21-30(24-46(34)37(48)33(26)23-43-39(50)55-40(4,5)6)54-36-32-16-13-29(53-8-2)20-27(32)17-18-42-36/h10,12-13,16-18,20,23,25-26,28,30-31,34H,7-9,11,14-15,19,21-22,24H2,1-6H3,(H,43,50)(H,44,47)(H,45,49)/b12-10?,33-23+. The molecule has 56 heavy (non-hydrogen) atoms. The Kier molecular flexibility index (Phi) is 12.0. The minimum Gasteiger partial charge on any atom is -0.494 e. The van der Waals surface area contributed by atoms with Crippen LogP contribution in [0.15, 0.2) is 54.4 Å². The second-order valence-corrected chi connectivity index (χ2v) is 18.5. The lowest BCUT2D eigenvalue weighted by atomic mass is 9.85. The molecule has 1 aromatic carbocycles. The second kappa shape index (κ2) is 16.4. The van der Waals surface area contributed by atoms with E-state index in [9.17, 15) is 27.6 Å². The van der Waals surface area contributed by atoms with E-state index in [4.69, 9.17) is 14.2 Å². The van der Waals surface area contributed by atoms with Gasteiger partial charge in [0.25, 0.3) is 11.8 Å². The van der Waals surface area contributed by atoms with Gasteiger partial charge in [0, 0.05) is 35.7 Å². The smallest absolute Gasteiger partial charge is 0.411 e. The van der Waals surface area contributed by atoms with Crippen LogP contribution in [0.5, 0.6) is 11.6 Å². The van der Waals surface area contributed by atoms with E-state index in [1.165, 1.54) is 11.1 Å². The third-order valence-corrected chi connectivity index (χ3v) is 12.7. The Hall–Kier alpha value is -4.66. The van der Waals surface area contributed by atoms with Crippen molar-refractivity contribution in [3.05, 3.63) is 54.4 Å². The van der Waals surface area contributed by atoms with Crippen LogP contribution < -0.4 is 24.8 Å². The highest BCUT2D eigenvalue weighted by Gasteiger charge is 2.62. The van der Waals surface area contributed by atoms with Crippen molar-refractivity contribution < 1.29 is 41.8 Å². The first kappa shape index (κ1) is 41.0. The number of hydrogen-bond donors (Lipinski definition) is 3. The summed E-state index contributed by atoms with van der Waals surface area (Å²) in [5.41, 5.74) is -1.97. The van der Waals surface area contributed by atoms with Crippen LogP contribution in [0.1, 0.15) is 92.9 Å². The largest absolute Gasteiger partial charge is 0.494 e. The molecule has 1 aromatic heterocycles. The lowest BCUT2D eigenvalue weighted by Crippen LogP contribution is -2.56. The molecule has 6 rings (SSSR count). The Morgan fingerprint density at radius 3 is 2.57 bits per heavy atom. The maximum absolute atomic E-state index is 14.9. The van der Waals surface area contributed by atoms with Crippen LogP contribution in [0, 0.1) is 17.8 Å². The molecule has 1 saturated heterocycles. The third kappa shape index (κ3) is 9.47. The fourth-order valence-electron chi connectivity index (χ4n) is 7.68. The van der Waals surface area contributed by atoms with Crippen molar-refractivity contribution in [2.24, 2.45) is 17.8 Å². The van der Waals surface area contributed by atoms with Gasteiger partial charge in [0.15, 0.2) is 0 Å². The molecule has 2 saturated carbocycles.